The van der Waals surface area contributed by atoms with Gasteiger partial charge in [-0.05, 0) is 19.9 Å². The van der Waals surface area contributed by atoms with Crippen LogP contribution in [0.3, 0.4) is 0 Å². The molecule has 0 bridgehead atoms. The molecule has 8 heteroatoms. The minimum Gasteiger partial charge on any atom is -0.465 e. The second-order valence-electron chi connectivity index (χ2n) is 5.08. The Morgan fingerprint density at radius 3 is 2.91 bits per heavy atom. The maximum Gasteiger partial charge on any atom is 0.407 e. The van der Waals surface area contributed by atoms with Crippen molar-refractivity contribution in [2.75, 3.05) is 20.1 Å². The van der Waals surface area contributed by atoms with Crippen molar-refractivity contribution in [2.45, 2.75) is 19.9 Å². The molecule has 1 atom stereocenters. The van der Waals surface area contributed by atoms with Crippen LogP contribution in [-0.2, 0) is 0 Å². The van der Waals surface area contributed by atoms with Crippen LogP contribution < -0.4 is 5.32 Å². The van der Waals surface area contributed by atoms with Gasteiger partial charge in [-0.15, -0.1) is 0 Å². The number of aryl methyl sites for hydroxylation is 1. The number of hydrogen-bond acceptors (Lipinski definition) is 5. The third-order valence-corrected chi connectivity index (χ3v) is 3.27. The molecule has 0 aliphatic heterocycles. The van der Waals surface area contributed by atoms with E-state index in [1.807, 2.05) is 19.9 Å². The highest BCUT2D eigenvalue weighted by atomic mass is 16.4. The van der Waals surface area contributed by atoms with Crippen LogP contribution in [0.15, 0.2) is 24.8 Å². The minimum absolute atomic E-state index is 0.00818. The van der Waals surface area contributed by atoms with Crippen LogP contribution in [0.1, 0.15) is 24.4 Å². The van der Waals surface area contributed by atoms with Crippen LogP contribution in [0.4, 0.5) is 4.79 Å². The molecule has 8 nitrogen and oxygen atoms in total. The standard InChI is InChI=1S/C14H20N6O2/c1-10-8-12(11(2)16-5-6-19(3)14(21)22)18-13(17-10)20-7-4-15-9-20/h4,7-9,11,16H,5-6H2,1-3H3,(H,21,22). The van der Waals surface area contributed by atoms with Crippen molar-refractivity contribution >= 4 is 6.09 Å². The Morgan fingerprint density at radius 1 is 1.50 bits per heavy atom. The lowest BCUT2D eigenvalue weighted by molar-refractivity contribution is 0.156. The van der Waals surface area contributed by atoms with E-state index in [1.54, 1.807) is 30.3 Å². The Kier molecular flexibility index (Phi) is 5.05. The molecule has 2 N–H and O–H groups in total. The lowest BCUT2D eigenvalue weighted by atomic mass is 10.2. The van der Waals surface area contributed by atoms with E-state index in [-0.39, 0.29) is 6.04 Å². The fraction of sp³-hybridized carbons (Fsp3) is 0.429. The maximum absolute atomic E-state index is 10.7. The molecule has 0 radical (unpaired) electrons. The summed E-state index contributed by atoms with van der Waals surface area (Å²) >= 11 is 0. The number of likely N-dealkylation sites (N-methyl/N-ethyl adjacent to an activating group) is 1. The van der Waals surface area contributed by atoms with Gasteiger partial charge in [0.15, 0.2) is 0 Å². The van der Waals surface area contributed by atoms with Crippen molar-refractivity contribution in [3.63, 3.8) is 0 Å². The fourth-order valence-electron chi connectivity index (χ4n) is 1.94. The summed E-state index contributed by atoms with van der Waals surface area (Å²) in [7, 11) is 1.54. The summed E-state index contributed by atoms with van der Waals surface area (Å²) in [5.41, 5.74) is 1.72. The zero-order valence-corrected chi connectivity index (χ0v) is 12.9. The number of nitrogens with one attached hydrogen (secondary N) is 1. The van der Waals surface area contributed by atoms with Gasteiger partial charge in [-0.3, -0.25) is 4.57 Å². The number of amides is 1. The van der Waals surface area contributed by atoms with Gasteiger partial charge in [0.05, 0.1) is 5.69 Å². The van der Waals surface area contributed by atoms with Gasteiger partial charge in [-0.2, -0.15) is 0 Å². The molecule has 2 aromatic rings. The molecule has 0 aliphatic rings. The van der Waals surface area contributed by atoms with Crippen molar-refractivity contribution in [1.82, 2.24) is 29.7 Å². The third-order valence-electron chi connectivity index (χ3n) is 3.27. The second-order valence-corrected chi connectivity index (χ2v) is 5.08. The molecule has 1 unspecified atom stereocenters. The Morgan fingerprint density at radius 2 is 2.27 bits per heavy atom. The highest BCUT2D eigenvalue weighted by Gasteiger charge is 2.11. The molecule has 0 fully saturated rings. The SMILES string of the molecule is Cc1cc(C(C)NCCN(C)C(=O)O)nc(-n2ccnc2)n1. The van der Waals surface area contributed by atoms with Gasteiger partial charge in [-0.1, -0.05) is 0 Å². The molecule has 0 saturated carbocycles. The number of nitrogens with zero attached hydrogens (tertiary/aromatic N) is 5. The van der Waals surface area contributed by atoms with Crippen molar-refractivity contribution in [1.29, 1.82) is 0 Å². The summed E-state index contributed by atoms with van der Waals surface area (Å²) in [5.74, 6) is 0.573. The van der Waals surface area contributed by atoms with Crippen LogP contribution in [0.5, 0.6) is 0 Å². The maximum atomic E-state index is 10.7. The molecule has 118 valence electrons. The van der Waals surface area contributed by atoms with E-state index in [0.29, 0.717) is 19.0 Å². The highest BCUT2D eigenvalue weighted by molar-refractivity contribution is 5.64. The van der Waals surface area contributed by atoms with Crippen molar-refractivity contribution in [2.24, 2.45) is 0 Å². The average Bonchev–Trinajstić information content (AvgIpc) is 3.00. The first-order valence-corrected chi connectivity index (χ1v) is 6.98. The van der Waals surface area contributed by atoms with Gasteiger partial charge in [0.25, 0.3) is 0 Å². The van der Waals surface area contributed by atoms with E-state index in [4.69, 9.17) is 5.11 Å². The fourth-order valence-corrected chi connectivity index (χ4v) is 1.94. The van der Waals surface area contributed by atoms with Crippen LogP contribution in [0, 0.1) is 6.92 Å². The quantitative estimate of drug-likeness (QED) is 0.833. The lowest BCUT2D eigenvalue weighted by Crippen LogP contribution is -2.34. The van der Waals surface area contributed by atoms with Gasteiger partial charge in [0.2, 0.25) is 5.95 Å². The molecule has 1 amide bonds. The predicted octanol–water partition coefficient (Wildman–Crippen LogP) is 1.23. The summed E-state index contributed by atoms with van der Waals surface area (Å²) in [5, 5.41) is 12.1. The van der Waals surface area contributed by atoms with E-state index in [0.717, 1.165) is 11.4 Å². The smallest absolute Gasteiger partial charge is 0.407 e. The van der Waals surface area contributed by atoms with Crippen molar-refractivity contribution in [3.8, 4) is 5.95 Å². The molecule has 2 rings (SSSR count). The number of hydrogen-bond donors (Lipinski definition) is 2. The highest BCUT2D eigenvalue weighted by Crippen LogP contribution is 2.12. The molecule has 0 aliphatic carbocycles. The van der Waals surface area contributed by atoms with E-state index >= 15 is 0 Å². The van der Waals surface area contributed by atoms with Crippen LogP contribution >= 0.6 is 0 Å². The summed E-state index contributed by atoms with van der Waals surface area (Å²) in [6.45, 7) is 4.86. The van der Waals surface area contributed by atoms with Crippen LogP contribution in [0.2, 0.25) is 0 Å². The van der Waals surface area contributed by atoms with E-state index in [1.165, 1.54) is 4.90 Å². The molecule has 2 aromatic heterocycles. The van der Waals surface area contributed by atoms with Crippen molar-refractivity contribution < 1.29 is 9.90 Å². The minimum atomic E-state index is -0.935. The lowest BCUT2D eigenvalue weighted by Gasteiger charge is -2.17. The molecule has 2 heterocycles. The Labute approximate surface area is 128 Å². The zero-order valence-electron chi connectivity index (χ0n) is 12.9. The number of carboxylic acid groups (broad SMARTS) is 1. The Bertz CT molecular complexity index is 628. The van der Waals surface area contributed by atoms with Gasteiger partial charge in [0.1, 0.15) is 6.33 Å². The van der Waals surface area contributed by atoms with Gasteiger partial charge >= 0.3 is 6.09 Å². The number of imidazole rings is 1. The van der Waals surface area contributed by atoms with Gasteiger partial charge in [-0.25, -0.2) is 19.7 Å². The molecule has 0 spiro atoms. The molecular formula is C14H20N6O2. The first-order chi connectivity index (χ1) is 10.5. The zero-order chi connectivity index (χ0) is 16.1. The van der Waals surface area contributed by atoms with E-state index in [2.05, 4.69) is 20.3 Å². The molecule has 0 saturated heterocycles. The first-order valence-electron chi connectivity index (χ1n) is 6.98. The summed E-state index contributed by atoms with van der Waals surface area (Å²) in [6.07, 6.45) is 4.18. The molecule has 0 aromatic carbocycles. The van der Waals surface area contributed by atoms with E-state index < -0.39 is 6.09 Å². The van der Waals surface area contributed by atoms with Crippen LogP contribution in [0.25, 0.3) is 5.95 Å². The first kappa shape index (κ1) is 15.9. The normalized spacial score (nSPS) is 12.1. The predicted molar refractivity (Wildman–Crippen MR) is 81.0 cm³/mol. The number of carbonyl (C=O) groups is 1. The van der Waals surface area contributed by atoms with Crippen LogP contribution in [-0.4, -0.2) is 55.8 Å². The Hall–Kier alpha value is -2.48. The van der Waals surface area contributed by atoms with Crippen molar-refractivity contribution in [3.05, 3.63) is 36.2 Å². The Balaban J connectivity index is 2.03. The molecule has 22 heavy (non-hydrogen) atoms. The van der Waals surface area contributed by atoms with Gasteiger partial charge in [0, 0.05) is 44.3 Å². The largest absolute Gasteiger partial charge is 0.465 e. The number of aromatic nitrogens is 4. The summed E-state index contributed by atoms with van der Waals surface area (Å²) < 4.78 is 1.75. The topological polar surface area (TPSA) is 96.2 Å². The second kappa shape index (κ2) is 6.99. The van der Waals surface area contributed by atoms with E-state index in [9.17, 15) is 4.79 Å². The monoisotopic (exact) mass is 304 g/mol. The average molecular weight is 304 g/mol. The molecular weight excluding hydrogens is 284 g/mol. The van der Waals surface area contributed by atoms with Gasteiger partial charge < -0.3 is 15.3 Å². The summed E-state index contributed by atoms with van der Waals surface area (Å²) in [4.78, 5) is 24.9. The summed E-state index contributed by atoms with van der Waals surface area (Å²) in [6, 6.07) is 1.91. The third kappa shape index (κ3) is 4.01. The number of rotatable bonds is 6.